The molecule has 2 heterocycles. The van der Waals surface area contributed by atoms with Crippen LogP contribution in [0.3, 0.4) is 0 Å². The lowest BCUT2D eigenvalue weighted by Gasteiger charge is -2.10. The molecule has 0 fully saturated rings. The molecule has 1 atom stereocenters. The van der Waals surface area contributed by atoms with Crippen molar-refractivity contribution >= 4 is 11.7 Å². The molecule has 0 saturated carbocycles. The zero-order chi connectivity index (χ0) is 13.1. The number of ether oxygens (including phenoxy) is 1. The molecule has 0 amide bonds. The molecule has 2 aromatic rings. The summed E-state index contributed by atoms with van der Waals surface area (Å²) in [5.41, 5.74) is 1.07. The van der Waals surface area contributed by atoms with Crippen LogP contribution >= 0.6 is 0 Å². The molecule has 0 saturated heterocycles. The summed E-state index contributed by atoms with van der Waals surface area (Å²) >= 11 is 0. The number of rotatable bonds is 3. The second kappa shape index (κ2) is 4.79. The number of nitriles is 1. The normalized spacial score (nSPS) is 12.1. The van der Waals surface area contributed by atoms with Crippen molar-refractivity contribution in [1.29, 1.82) is 5.26 Å². The van der Waals surface area contributed by atoms with E-state index in [0.717, 1.165) is 0 Å². The topological polar surface area (TPSA) is 93.2 Å². The van der Waals surface area contributed by atoms with Gasteiger partial charge in [-0.3, -0.25) is 4.79 Å². The van der Waals surface area contributed by atoms with E-state index in [-0.39, 0.29) is 6.61 Å². The minimum atomic E-state index is -1.03. The zero-order valence-corrected chi connectivity index (χ0v) is 9.99. The average molecular weight is 245 g/mol. The predicted octanol–water partition coefficient (Wildman–Crippen LogP) is 0.603. The van der Waals surface area contributed by atoms with Crippen molar-refractivity contribution in [2.45, 2.75) is 19.8 Å². The molecule has 2 rings (SSSR count). The summed E-state index contributed by atoms with van der Waals surface area (Å²) in [6.45, 7) is 3.68. The Balaban J connectivity index is 2.54. The summed E-state index contributed by atoms with van der Waals surface area (Å²) in [6, 6.07) is 3.55. The van der Waals surface area contributed by atoms with E-state index >= 15 is 0 Å². The van der Waals surface area contributed by atoms with E-state index in [9.17, 15) is 4.79 Å². The molecular weight excluding hydrogens is 234 g/mol. The Morgan fingerprint density at radius 2 is 2.44 bits per heavy atom. The van der Waals surface area contributed by atoms with E-state index in [4.69, 9.17) is 10.00 Å². The number of fused-ring (bicyclic) bond motifs is 1. The molecule has 0 aliphatic heterocycles. The summed E-state index contributed by atoms with van der Waals surface area (Å²) < 4.78 is 6.24. The Morgan fingerprint density at radius 3 is 3.11 bits per heavy atom. The van der Waals surface area contributed by atoms with Crippen LogP contribution in [0.5, 0.6) is 0 Å². The van der Waals surface area contributed by atoms with Crippen LogP contribution in [0.2, 0.25) is 0 Å². The molecule has 0 N–H and O–H groups in total. The first-order valence-electron chi connectivity index (χ1n) is 5.41. The van der Waals surface area contributed by atoms with Crippen LogP contribution in [-0.2, 0) is 9.53 Å². The van der Waals surface area contributed by atoms with Crippen molar-refractivity contribution in [3.63, 3.8) is 0 Å². The summed E-state index contributed by atoms with van der Waals surface area (Å²) in [5.74, 6) is -1.27. The minimum absolute atomic E-state index is 0.224. The fourth-order valence-corrected chi connectivity index (χ4v) is 1.63. The molecule has 18 heavy (non-hydrogen) atoms. The van der Waals surface area contributed by atoms with Crippen LogP contribution in [0.15, 0.2) is 12.4 Å². The highest BCUT2D eigenvalue weighted by atomic mass is 16.5. The summed E-state index contributed by atoms with van der Waals surface area (Å²) in [5, 5.41) is 13.1. The molecule has 0 bridgehead atoms. The van der Waals surface area contributed by atoms with Crippen LogP contribution in [0.4, 0.5) is 0 Å². The number of carbonyl (C=O) groups excluding carboxylic acids is 1. The van der Waals surface area contributed by atoms with E-state index in [1.165, 1.54) is 10.8 Å². The van der Waals surface area contributed by atoms with E-state index in [0.29, 0.717) is 17.2 Å². The molecule has 0 spiro atoms. The molecule has 92 valence electrons. The van der Waals surface area contributed by atoms with Gasteiger partial charge in [-0.15, -0.1) is 0 Å². The predicted molar refractivity (Wildman–Crippen MR) is 60.5 cm³/mol. The van der Waals surface area contributed by atoms with E-state index in [1.54, 1.807) is 19.9 Å². The molecule has 0 radical (unpaired) electrons. The lowest BCUT2D eigenvalue weighted by atomic mass is 10.1. The maximum Gasteiger partial charge on any atom is 0.329 e. The summed E-state index contributed by atoms with van der Waals surface area (Å²) in [6.07, 6.45) is 1.32. The van der Waals surface area contributed by atoms with Crippen molar-refractivity contribution < 1.29 is 9.53 Å². The van der Waals surface area contributed by atoms with Gasteiger partial charge in [-0.1, -0.05) is 0 Å². The van der Waals surface area contributed by atoms with E-state index < -0.39 is 11.9 Å². The van der Waals surface area contributed by atoms with Gasteiger partial charge in [0.15, 0.2) is 5.92 Å². The SMILES string of the molecule is CCOC(=O)C(C#N)c1cc(C)nc2ncnn12. The molecule has 2 aromatic heterocycles. The maximum atomic E-state index is 11.7. The number of aromatic nitrogens is 4. The average Bonchev–Trinajstić information content (AvgIpc) is 2.78. The lowest BCUT2D eigenvalue weighted by molar-refractivity contribution is -0.143. The standard InChI is InChI=1S/C11H11N5O2/c1-3-18-10(17)8(5-12)9-4-7(2)15-11-13-6-14-16(9)11/h4,6,8H,3H2,1-2H3. The first-order valence-corrected chi connectivity index (χ1v) is 5.41. The lowest BCUT2D eigenvalue weighted by Crippen LogP contribution is -2.18. The molecule has 1 unspecified atom stereocenters. The van der Waals surface area contributed by atoms with Gasteiger partial charge in [0.1, 0.15) is 6.33 Å². The maximum absolute atomic E-state index is 11.7. The van der Waals surface area contributed by atoms with Crippen molar-refractivity contribution in [1.82, 2.24) is 19.6 Å². The van der Waals surface area contributed by atoms with Gasteiger partial charge in [0.2, 0.25) is 0 Å². The van der Waals surface area contributed by atoms with E-state index in [2.05, 4.69) is 15.1 Å². The molecule has 7 nitrogen and oxygen atoms in total. The van der Waals surface area contributed by atoms with Gasteiger partial charge in [-0.25, -0.2) is 4.98 Å². The van der Waals surface area contributed by atoms with Crippen LogP contribution in [0.25, 0.3) is 5.78 Å². The first-order chi connectivity index (χ1) is 8.67. The molecule has 0 aromatic carbocycles. The Hall–Kier alpha value is -2.49. The van der Waals surface area contributed by atoms with Crippen LogP contribution in [0.1, 0.15) is 24.2 Å². The van der Waals surface area contributed by atoms with Gasteiger partial charge in [-0.2, -0.15) is 19.9 Å². The van der Waals surface area contributed by atoms with Crippen LogP contribution in [-0.4, -0.2) is 32.2 Å². The highest BCUT2D eigenvalue weighted by molar-refractivity contribution is 5.80. The smallest absolute Gasteiger partial charge is 0.329 e. The van der Waals surface area contributed by atoms with Gasteiger partial charge in [0.05, 0.1) is 18.4 Å². The number of esters is 1. The quantitative estimate of drug-likeness (QED) is 0.735. The monoisotopic (exact) mass is 245 g/mol. The highest BCUT2D eigenvalue weighted by Gasteiger charge is 2.25. The largest absolute Gasteiger partial charge is 0.465 e. The number of nitrogens with zero attached hydrogens (tertiary/aromatic N) is 5. The third-order valence-electron chi connectivity index (χ3n) is 2.35. The zero-order valence-electron chi connectivity index (χ0n) is 9.99. The fourth-order valence-electron chi connectivity index (χ4n) is 1.63. The first kappa shape index (κ1) is 12.0. The van der Waals surface area contributed by atoms with Gasteiger partial charge in [0, 0.05) is 5.69 Å². The van der Waals surface area contributed by atoms with E-state index in [1.807, 2.05) is 6.07 Å². The summed E-state index contributed by atoms with van der Waals surface area (Å²) in [7, 11) is 0. The Labute approximate surface area is 103 Å². The Morgan fingerprint density at radius 1 is 1.67 bits per heavy atom. The van der Waals surface area contributed by atoms with Gasteiger partial charge in [-0.05, 0) is 19.9 Å². The third-order valence-corrected chi connectivity index (χ3v) is 2.35. The van der Waals surface area contributed by atoms with Crippen molar-refractivity contribution in [3.8, 4) is 6.07 Å². The van der Waals surface area contributed by atoms with Crippen LogP contribution in [0, 0.1) is 18.3 Å². The highest BCUT2D eigenvalue weighted by Crippen LogP contribution is 2.17. The van der Waals surface area contributed by atoms with Gasteiger partial charge in [0.25, 0.3) is 5.78 Å². The number of carbonyl (C=O) groups is 1. The Bertz CT molecular complexity index is 628. The van der Waals surface area contributed by atoms with Crippen molar-refractivity contribution in [2.75, 3.05) is 6.61 Å². The molecule has 7 heteroatoms. The molecular formula is C11H11N5O2. The molecule has 0 aliphatic rings. The third kappa shape index (κ3) is 2.00. The van der Waals surface area contributed by atoms with Crippen LogP contribution < -0.4 is 0 Å². The van der Waals surface area contributed by atoms with Crippen molar-refractivity contribution in [2.24, 2.45) is 0 Å². The van der Waals surface area contributed by atoms with Crippen molar-refractivity contribution in [3.05, 3.63) is 23.8 Å². The summed E-state index contributed by atoms with van der Waals surface area (Å²) in [4.78, 5) is 19.8. The number of hydrogen-bond donors (Lipinski definition) is 0. The van der Waals surface area contributed by atoms with Gasteiger partial charge < -0.3 is 4.74 Å². The molecule has 0 aliphatic carbocycles. The Kier molecular flexibility index (Phi) is 3.19. The van der Waals surface area contributed by atoms with Gasteiger partial charge >= 0.3 is 5.97 Å². The fraction of sp³-hybridized carbons (Fsp3) is 0.364. The number of hydrogen-bond acceptors (Lipinski definition) is 6. The second-order valence-corrected chi connectivity index (χ2v) is 3.61. The minimum Gasteiger partial charge on any atom is -0.465 e. The second-order valence-electron chi connectivity index (χ2n) is 3.61. The number of aryl methyl sites for hydroxylation is 1.